The van der Waals surface area contributed by atoms with Crippen LogP contribution in [0.3, 0.4) is 0 Å². The lowest BCUT2D eigenvalue weighted by molar-refractivity contribution is 0.414. The van der Waals surface area contributed by atoms with Gasteiger partial charge in [-0.25, -0.2) is 0 Å². The number of ether oxygens (including phenoxy) is 1. The number of rotatable bonds is 9. The molecule has 0 aliphatic heterocycles. The normalized spacial score (nSPS) is 14.1. The van der Waals surface area contributed by atoms with Crippen LogP contribution in [0.4, 0.5) is 0 Å². The van der Waals surface area contributed by atoms with Gasteiger partial charge in [0.05, 0.1) is 7.11 Å². The van der Waals surface area contributed by atoms with E-state index in [1.54, 1.807) is 7.11 Å². The predicted molar refractivity (Wildman–Crippen MR) is 86.2 cm³/mol. The summed E-state index contributed by atoms with van der Waals surface area (Å²) in [6.45, 7) is 4.56. The molecule has 108 valence electrons. The van der Waals surface area contributed by atoms with Crippen molar-refractivity contribution in [1.82, 2.24) is 5.32 Å². The third-order valence-corrected chi connectivity index (χ3v) is 4.71. The van der Waals surface area contributed by atoms with Crippen molar-refractivity contribution < 1.29 is 4.74 Å². The van der Waals surface area contributed by atoms with Gasteiger partial charge >= 0.3 is 0 Å². The van der Waals surface area contributed by atoms with E-state index in [1.807, 2.05) is 19.2 Å². The van der Waals surface area contributed by atoms with Gasteiger partial charge in [-0.3, -0.25) is 0 Å². The van der Waals surface area contributed by atoms with Gasteiger partial charge in [0.1, 0.15) is 5.75 Å². The summed E-state index contributed by atoms with van der Waals surface area (Å²) in [5.41, 5.74) is 1.33. The smallest absolute Gasteiger partial charge is 0.118 e. The first-order valence-electron chi connectivity index (χ1n) is 7.15. The molecule has 1 N–H and O–H groups in total. The lowest BCUT2D eigenvalue weighted by Crippen LogP contribution is -2.25. The minimum absolute atomic E-state index is 0.400. The van der Waals surface area contributed by atoms with Crippen molar-refractivity contribution in [2.45, 2.75) is 44.4 Å². The highest BCUT2D eigenvalue weighted by Crippen LogP contribution is 2.28. The number of nitrogens with one attached hydrogen (secondary N) is 1. The minimum Gasteiger partial charge on any atom is -0.497 e. The number of methoxy groups -OCH3 is 1. The van der Waals surface area contributed by atoms with Crippen molar-refractivity contribution in [3.8, 4) is 5.75 Å². The van der Waals surface area contributed by atoms with Crippen LogP contribution in [-0.4, -0.2) is 25.2 Å². The Morgan fingerprint density at radius 3 is 2.42 bits per heavy atom. The summed E-state index contributed by atoms with van der Waals surface area (Å²) in [5.74, 6) is 2.17. The Morgan fingerprint density at radius 1 is 1.21 bits per heavy atom. The molecule has 2 unspecified atom stereocenters. The van der Waals surface area contributed by atoms with Gasteiger partial charge in [-0.1, -0.05) is 38.8 Å². The average Bonchev–Trinajstić information content (AvgIpc) is 2.45. The third-order valence-electron chi connectivity index (χ3n) is 3.38. The molecule has 0 fully saturated rings. The second-order valence-electron chi connectivity index (χ2n) is 4.82. The molecule has 19 heavy (non-hydrogen) atoms. The largest absolute Gasteiger partial charge is 0.497 e. The monoisotopic (exact) mass is 281 g/mol. The second kappa shape index (κ2) is 9.27. The Kier molecular flexibility index (Phi) is 7.99. The molecule has 0 amide bonds. The molecule has 0 heterocycles. The molecule has 2 nitrogen and oxygen atoms in total. The number of thioether (sulfide) groups is 1. The fraction of sp³-hybridized carbons (Fsp3) is 0.625. The van der Waals surface area contributed by atoms with E-state index >= 15 is 0 Å². The molecule has 0 spiro atoms. The second-order valence-corrected chi connectivity index (χ2v) is 6.31. The standard InChI is InChI=1S/C16H27NOS/c1-5-6-7-12-19-13(2)16(17-3)14-8-10-15(18-4)11-9-14/h8-11,13,16-17H,5-7,12H2,1-4H3. The van der Waals surface area contributed by atoms with E-state index in [-0.39, 0.29) is 0 Å². The molecule has 0 aromatic heterocycles. The summed E-state index contributed by atoms with van der Waals surface area (Å²) in [6.07, 6.45) is 3.96. The van der Waals surface area contributed by atoms with E-state index < -0.39 is 0 Å². The highest BCUT2D eigenvalue weighted by molar-refractivity contribution is 7.99. The molecule has 0 aliphatic rings. The molecule has 3 heteroatoms. The zero-order valence-electron chi connectivity index (χ0n) is 12.6. The van der Waals surface area contributed by atoms with Crippen molar-refractivity contribution >= 4 is 11.8 Å². The van der Waals surface area contributed by atoms with Crippen LogP contribution in [0.15, 0.2) is 24.3 Å². The quantitative estimate of drug-likeness (QED) is 0.683. The fourth-order valence-corrected chi connectivity index (χ4v) is 3.43. The molecule has 0 radical (unpaired) electrons. The summed E-state index contributed by atoms with van der Waals surface area (Å²) in [5, 5.41) is 4.01. The van der Waals surface area contributed by atoms with Gasteiger partial charge in [-0.05, 0) is 36.9 Å². The molecule has 2 atom stereocenters. The number of hydrogen-bond acceptors (Lipinski definition) is 3. The summed E-state index contributed by atoms with van der Waals surface area (Å²) in [4.78, 5) is 0. The first kappa shape index (κ1) is 16.4. The van der Waals surface area contributed by atoms with Crippen LogP contribution >= 0.6 is 11.8 Å². The van der Waals surface area contributed by atoms with Crippen molar-refractivity contribution in [3.63, 3.8) is 0 Å². The van der Waals surface area contributed by atoms with E-state index in [0.29, 0.717) is 11.3 Å². The predicted octanol–water partition coefficient (Wildman–Crippen LogP) is 4.27. The summed E-state index contributed by atoms with van der Waals surface area (Å²) in [7, 11) is 3.74. The fourth-order valence-electron chi connectivity index (χ4n) is 2.20. The van der Waals surface area contributed by atoms with Gasteiger partial charge in [0.25, 0.3) is 0 Å². The van der Waals surface area contributed by atoms with E-state index in [0.717, 1.165) is 5.75 Å². The zero-order chi connectivity index (χ0) is 14.1. The highest BCUT2D eigenvalue weighted by atomic mass is 32.2. The van der Waals surface area contributed by atoms with Gasteiger partial charge in [0.15, 0.2) is 0 Å². The van der Waals surface area contributed by atoms with Crippen LogP contribution < -0.4 is 10.1 Å². The van der Waals surface area contributed by atoms with Gasteiger partial charge < -0.3 is 10.1 Å². The third kappa shape index (κ3) is 5.45. The molecule has 0 aliphatic carbocycles. The number of benzene rings is 1. The average molecular weight is 281 g/mol. The molecule has 1 rings (SSSR count). The molecule has 0 bridgehead atoms. The Balaban J connectivity index is 2.54. The van der Waals surface area contributed by atoms with Gasteiger partial charge in [0.2, 0.25) is 0 Å². The van der Waals surface area contributed by atoms with E-state index in [4.69, 9.17) is 4.74 Å². The SMILES string of the molecule is CCCCCSC(C)C(NC)c1ccc(OC)cc1. The number of hydrogen-bond donors (Lipinski definition) is 1. The molecule has 0 saturated heterocycles. The van der Waals surface area contributed by atoms with Gasteiger partial charge in [-0.15, -0.1) is 0 Å². The van der Waals surface area contributed by atoms with Crippen molar-refractivity contribution in [1.29, 1.82) is 0 Å². The van der Waals surface area contributed by atoms with Gasteiger partial charge in [0, 0.05) is 11.3 Å². The van der Waals surface area contributed by atoms with Crippen LogP contribution in [0.5, 0.6) is 5.75 Å². The Labute approximate surface area is 122 Å². The Hall–Kier alpha value is -0.670. The van der Waals surface area contributed by atoms with Crippen molar-refractivity contribution in [2.24, 2.45) is 0 Å². The van der Waals surface area contributed by atoms with Crippen LogP contribution in [0.25, 0.3) is 0 Å². The lowest BCUT2D eigenvalue weighted by atomic mass is 10.0. The van der Waals surface area contributed by atoms with Crippen molar-refractivity contribution in [2.75, 3.05) is 19.9 Å². The molecular weight excluding hydrogens is 254 g/mol. The minimum atomic E-state index is 0.400. The van der Waals surface area contributed by atoms with E-state index in [2.05, 4.69) is 43.1 Å². The van der Waals surface area contributed by atoms with E-state index in [1.165, 1.54) is 30.6 Å². The number of unbranched alkanes of at least 4 members (excludes halogenated alkanes) is 2. The maximum absolute atomic E-state index is 5.21. The van der Waals surface area contributed by atoms with Crippen LogP contribution in [0.1, 0.15) is 44.7 Å². The molecule has 1 aromatic rings. The summed E-state index contributed by atoms with van der Waals surface area (Å²) in [6, 6.07) is 8.78. The summed E-state index contributed by atoms with van der Waals surface area (Å²) < 4.78 is 5.21. The first-order valence-corrected chi connectivity index (χ1v) is 8.20. The molecule has 0 saturated carbocycles. The maximum atomic E-state index is 5.21. The maximum Gasteiger partial charge on any atom is 0.118 e. The van der Waals surface area contributed by atoms with Crippen LogP contribution in [0.2, 0.25) is 0 Å². The Morgan fingerprint density at radius 2 is 1.89 bits per heavy atom. The molecular formula is C16H27NOS. The van der Waals surface area contributed by atoms with Gasteiger partial charge in [-0.2, -0.15) is 11.8 Å². The molecule has 1 aromatic carbocycles. The van der Waals surface area contributed by atoms with E-state index in [9.17, 15) is 0 Å². The zero-order valence-corrected chi connectivity index (χ0v) is 13.4. The highest BCUT2D eigenvalue weighted by Gasteiger charge is 2.17. The van der Waals surface area contributed by atoms with Crippen LogP contribution in [0, 0.1) is 0 Å². The summed E-state index contributed by atoms with van der Waals surface area (Å²) >= 11 is 2.06. The lowest BCUT2D eigenvalue weighted by Gasteiger charge is -2.24. The first-order chi connectivity index (χ1) is 9.22. The topological polar surface area (TPSA) is 21.3 Å². The van der Waals surface area contributed by atoms with Crippen LogP contribution in [-0.2, 0) is 0 Å². The van der Waals surface area contributed by atoms with Crippen molar-refractivity contribution in [3.05, 3.63) is 29.8 Å². The Bertz CT molecular complexity index is 339.